The van der Waals surface area contributed by atoms with Gasteiger partial charge < -0.3 is 4.74 Å². The molecule has 2 aromatic carbocycles. The number of carbonyl (C=O) groups is 1. The topological polar surface area (TPSA) is 50.1 Å². The third-order valence-corrected chi connectivity index (χ3v) is 3.40. The van der Waals surface area contributed by atoms with E-state index in [1.807, 2.05) is 19.1 Å². The third-order valence-electron chi connectivity index (χ3n) is 3.15. The summed E-state index contributed by atoms with van der Waals surface area (Å²) in [6.07, 6.45) is 2.93. The van der Waals surface area contributed by atoms with E-state index in [9.17, 15) is 10.1 Å². The minimum atomic E-state index is -0.241. The Balaban J connectivity index is 2.16. The van der Waals surface area contributed by atoms with Gasteiger partial charge in [0, 0.05) is 11.4 Å². The number of benzene rings is 2. The lowest BCUT2D eigenvalue weighted by molar-refractivity contribution is -0.134. The molecule has 0 atom stereocenters. The SMILES string of the molecule is CCCC(=O)Oc1ccc(/C=C(/C#N)c2ccc(Cl)cc2)cc1. The van der Waals surface area contributed by atoms with Crippen molar-refractivity contribution in [2.45, 2.75) is 19.8 Å². The molecular weight excluding hydrogens is 310 g/mol. The lowest BCUT2D eigenvalue weighted by Gasteiger charge is -2.04. The molecule has 4 heteroatoms. The summed E-state index contributed by atoms with van der Waals surface area (Å²) in [5.41, 5.74) is 2.19. The van der Waals surface area contributed by atoms with Crippen LogP contribution in [-0.4, -0.2) is 5.97 Å². The van der Waals surface area contributed by atoms with Crippen molar-refractivity contribution in [1.29, 1.82) is 5.26 Å². The summed E-state index contributed by atoms with van der Waals surface area (Å²) in [6.45, 7) is 1.93. The molecule has 0 amide bonds. The number of allylic oxidation sites excluding steroid dienone is 1. The van der Waals surface area contributed by atoms with Gasteiger partial charge in [-0.2, -0.15) is 5.26 Å². The molecule has 2 rings (SSSR count). The maximum Gasteiger partial charge on any atom is 0.311 e. The van der Waals surface area contributed by atoms with E-state index in [0.29, 0.717) is 22.8 Å². The largest absolute Gasteiger partial charge is 0.427 e. The molecule has 0 heterocycles. The average molecular weight is 326 g/mol. The van der Waals surface area contributed by atoms with E-state index < -0.39 is 0 Å². The smallest absolute Gasteiger partial charge is 0.311 e. The van der Waals surface area contributed by atoms with E-state index >= 15 is 0 Å². The second-order valence-electron chi connectivity index (χ2n) is 4.97. The highest BCUT2D eigenvalue weighted by atomic mass is 35.5. The second-order valence-corrected chi connectivity index (χ2v) is 5.41. The maximum atomic E-state index is 11.4. The van der Waals surface area contributed by atoms with Crippen LogP contribution in [-0.2, 0) is 4.79 Å². The summed E-state index contributed by atoms with van der Waals surface area (Å²) >= 11 is 5.86. The van der Waals surface area contributed by atoms with Crippen LogP contribution in [0.15, 0.2) is 48.5 Å². The monoisotopic (exact) mass is 325 g/mol. The molecule has 0 unspecified atom stereocenters. The van der Waals surface area contributed by atoms with Crippen molar-refractivity contribution >= 4 is 29.2 Å². The van der Waals surface area contributed by atoms with Gasteiger partial charge in [-0.05, 0) is 47.9 Å². The molecule has 0 spiro atoms. The van der Waals surface area contributed by atoms with Crippen LogP contribution in [0, 0.1) is 11.3 Å². The number of carbonyl (C=O) groups excluding carboxylic acids is 1. The standard InChI is InChI=1S/C19H16ClNO2/c1-2-3-19(22)23-18-10-4-14(5-11-18)12-16(13-21)15-6-8-17(20)9-7-15/h4-12H,2-3H2,1H3/b16-12-. The molecule has 0 bridgehead atoms. The Morgan fingerprint density at radius 3 is 2.39 bits per heavy atom. The Bertz CT molecular complexity index is 740. The minimum absolute atomic E-state index is 0.241. The van der Waals surface area contributed by atoms with Crippen molar-refractivity contribution in [3.05, 3.63) is 64.7 Å². The molecule has 0 saturated carbocycles. The minimum Gasteiger partial charge on any atom is -0.427 e. The molecule has 116 valence electrons. The van der Waals surface area contributed by atoms with E-state index in [1.54, 1.807) is 42.5 Å². The number of nitriles is 1. The lowest BCUT2D eigenvalue weighted by Crippen LogP contribution is -2.06. The summed E-state index contributed by atoms with van der Waals surface area (Å²) in [5.74, 6) is 0.264. The van der Waals surface area contributed by atoms with Crippen LogP contribution < -0.4 is 4.74 Å². The van der Waals surface area contributed by atoms with Crippen molar-refractivity contribution in [2.24, 2.45) is 0 Å². The number of rotatable bonds is 5. The first-order valence-corrected chi connectivity index (χ1v) is 7.68. The van der Waals surface area contributed by atoms with Crippen molar-refractivity contribution in [1.82, 2.24) is 0 Å². The zero-order valence-electron chi connectivity index (χ0n) is 12.8. The number of ether oxygens (including phenoxy) is 1. The van der Waals surface area contributed by atoms with Gasteiger partial charge in [0.2, 0.25) is 0 Å². The van der Waals surface area contributed by atoms with Gasteiger partial charge in [-0.15, -0.1) is 0 Å². The van der Waals surface area contributed by atoms with Gasteiger partial charge in [-0.25, -0.2) is 0 Å². The molecule has 0 aliphatic heterocycles. The molecule has 0 radical (unpaired) electrons. The highest BCUT2D eigenvalue weighted by molar-refractivity contribution is 6.30. The fourth-order valence-corrected chi connectivity index (χ4v) is 2.12. The Kier molecular flexibility index (Phi) is 5.96. The molecule has 0 fully saturated rings. The molecule has 3 nitrogen and oxygen atoms in total. The van der Waals surface area contributed by atoms with Gasteiger partial charge in [-0.1, -0.05) is 42.8 Å². The van der Waals surface area contributed by atoms with E-state index in [2.05, 4.69) is 6.07 Å². The zero-order valence-corrected chi connectivity index (χ0v) is 13.5. The van der Waals surface area contributed by atoms with Crippen LogP contribution in [0.5, 0.6) is 5.75 Å². The maximum absolute atomic E-state index is 11.4. The normalized spacial score (nSPS) is 10.9. The quantitative estimate of drug-likeness (QED) is 0.332. The van der Waals surface area contributed by atoms with Gasteiger partial charge in [-0.3, -0.25) is 4.79 Å². The van der Waals surface area contributed by atoms with Crippen molar-refractivity contribution in [3.63, 3.8) is 0 Å². The second kappa shape index (κ2) is 8.17. The van der Waals surface area contributed by atoms with E-state index in [1.165, 1.54) is 0 Å². The van der Waals surface area contributed by atoms with E-state index in [4.69, 9.17) is 16.3 Å². The molecule has 23 heavy (non-hydrogen) atoms. The van der Waals surface area contributed by atoms with Gasteiger partial charge >= 0.3 is 5.97 Å². The van der Waals surface area contributed by atoms with Gasteiger partial charge in [0.05, 0.1) is 11.6 Å². The number of esters is 1. The van der Waals surface area contributed by atoms with E-state index in [0.717, 1.165) is 17.5 Å². The van der Waals surface area contributed by atoms with Crippen molar-refractivity contribution in [3.8, 4) is 11.8 Å². The molecule has 0 aliphatic rings. The lowest BCUT2D eigenvalue weighted by atomic mass is 10.0. The number of halogens is 1. The van der Waals surface area contributed by atoms with Crippen molar-refractivity contribution < 1.29 is 9.53 Å². The Labute approximate surface area is 140 Å². The van der Waals surface area contributed by atoms with Gasteiger partial charge in [0.1, 0.15) is 5.75 Å². The number of hydrogen-bond acceptors (Lipinski definition) is 3. The fourth-order valence-electron chi connectivity index (χ4n) is 1.99. The highest BCUT2D eigenvalue weighted by Crippen LogP contribution is 2.21. The molecule has 2 aromatic rings. The summed E-state index contributed by atoms with van der Waals surface area (Å²) in [5, 5.41) is 9.95. The molecule has 0 saturated heterocycles. The first-order chi connectivity index (χ1) is 11.1. The van der Waals surface area contributed by atoms with Gasteiger partial charge in [0.25, 0.3) is 0 Å². The molecular formula is C19H16ClNO2. The summed E-state index contributed by atoms with van der Waals surface area (Å²) in [7, 11) is 0. The molecule has 0 N–H and O–H groups in total. The first kappa shape index (κ1) is 16.8. The zero-order chi connectivity index (χ0) is 16.7. The first-order valence-electron chi connectivity index (χ1n) is 7.31. The van der Waals surface area contributed by atoms with Crippen LogP contribution in [0.25, 0.3) is 11.6 Å². The Morgan fingerprint density at radius 2 is 1.83 bits per heavy atom. The molecule has 0 aromatic heterocycles. The Morgan fingerprint density at radius 1 is 1.17 bits per heavy atom. The van der Waals surface area contributed by atoms with Crippen LogP contribution in [0.1, 0.15) is 30.9 Å². The summed E-state index contributed by atoms with van der Waals surface area (Å²) in [6, 6.07) is 16.3. The number of hydrogen-bond donors (Lipinski definition) is 0. The summed E-state index contributed by atoms with van der Waals surface area (Å²) in [4.78, 5) is 11.4. The predicted molar refractivity (Wildman–Crippen MR) is 91.9 cm³/mol. The molecule has 0 aliphatic carbocycles. The Hall–Kier alpha value is -2.57. The fraction of sp³-hybridized carbons (Fsp3) is 0.158. The summed E-state index contributed by atoms with van der Waals surface area (Å²) < 4.78 is 5.20. The van der Waals surface area contributed by atoms with E-state index in [-0.39, 0.29) is 5.97 Å². The van der Waals surface area contributed by atoms with Crippen LogP contribution in [0.3, 0.4) is 0 Å². The average Bonchev–Trinajstić information content (AvgIpc) is 2.55. The predicted octanol–water partition coefficient (Wildman–Crippen LogP) is 5.11. The van der Waals surface area contributed by atoms with Crippen LogP contribution in [0.2, 0.25) is 5.02 Å². The van der Waals surface area contributed by atoms with Gasteiger partial charge in [0.15, 0.2) is 0 Å². The highest BCUT2D eigenvalue weighted by Gasteiger charge is 2.04. The van der Waals surface area contributed by atoms with Crippen LogP contribution >= 0.6 is 11.6 Å². The number of nitrogens with zero attached hydrogens (tertiary/aromatic N) is 1. The van der Waals surface area contributed by atoms with Crippen LogP contribution in [0.4, 0.5) is 0 Å². The van der Waals surface area contributed by atoms with Crippen molar-refractivity contribution in [2.75, 3.05) is 0 Å². The third kappa shape index (κ3) is 4.98.